The van der Waals surface area contributed by atoms with E-state index in [0.29, 0.717) is 0 Å². The van der Waals surface area contributed by atoms with Crippen molar-refractivity contribution < 1.29 is 71.5 Å². The fraction of sp³-hybridized carbons (Fsp3) is 0.731. The second kappa shape index (κ2) is 15.3. The normalized spacial score (nSPS) is 23.2. The minimum atomic E-state index is -2.60. The van der Waals surface area contributed by atoms with Crippen molar-refractivity contribution in [1.29, 1.82) is 0 Å². The maximum Gasteiger partial charge on any atom is 0.408 e. The highest BCUT2D eigenvalue weighted by Crippen LogP contribution is 2.37. The molecular formula is C26H39NO15. The summed E-state index contributed by atoms with van der Waals surface area (Å²) in [5.74, 6) is -8.35. The third-order valence-corrected chi connectivity index (χ3v) is 5.21. The van der Waals surface area contributed by atoms with E-state index in [2.05, 4.69) is 5.32 Å². The van der Waals surface area contributed by atoms with Gasteiger partial charge in [-0.05, 0) is 27.7 Å². The molecule has 0 aromatic rings. The second-order valence-corrected chi connectivity index (χ2v) is 10.2. The quantitative estimate of drug-likeness (QED) is 0.256. The van der Waals surface area contributed by atoms with Crippen LogP contribution in [-0.2, 0) is 66.7 Å². The molecule has 1 N–H and O–H groups in total. The summed E-state index contributed by atoms with van der Waals surface area (Å²) in [6.07, 6.45) is -8.40. The molecule has 238 valence electrons. The molecule has 16 heteroatoms. The molecule has 1 saturated heterocycles. The average Bonchev–Trinajstić information content (AvgIpc) is 2.79. The number of alkyl carbamates (subject to hydrolysis) is 1. The van der Waals surface area contributed by atoms with Crippen molar-refractivity contribution in [2.24, 2.45) is 0 Å². The number of rotatable bonds is 11. The molecule has 0 spiro atoms. The number of hydrogen-bond acceptors (Lipinski definition) is 15. The predicted molar refractivity (Wildman–Crippen MR) is 137 cm³/mol. The van der Waals surface area contributed by atoms with Gasteiger partial charge in [0, 0.05) is 34.6 Å². The Bertz CT molecular complexity index is 1040. The summed E-state index contributed by atoms with van der Waals surface area (Å²) in [6, 6.07) is -1.50. The van der Waals surface area contributed by atoms with Crippen molar-refractivity contribution in [3.8, 4) is 0 Å². The van der Waals surface area contributed by atoms with E-state index in [-0.39, 0.29) is 6.61 Å². The van der Waals surface area contributed by atoms with Crippen molar-refractivity contribution in [3.63, 3.8) is 0 Å². The van der Waals surface area contributed by atoms with E-state index in [1.807, 2.05) is 0 Å². The zero-order valence-electron chi connectivity index (χ0n) is 25.1. The van der Waals surface area contributed by atoms with Crippen LogP contribution in [0.1, 0.15) is 68.7 Å². The highest BCUT2D eigenvalue weighted by atomic mass is 16.8. The summed E-state index contributed by atoms with van der Waals surface area (Å²) in [7, 11) is 0. The van der Waals surface area contributed by atoms with Gasteiger partial charge in [-0.25, -0.2) is 9.59 Å². The molecule has 42 heavy (non-hydrogen) atoms. The van der Waals surface area contributed by atoms with Gasteiger partial charge in [0.05, 0.1) is 19.1 Å². The number of carbonyl (C=O) groups excluding carboxylic acids is 7. The van der Waals surface area contributed by atoms with Gasteiger partial charge in [-0.1, -0.05) is 0 Å². The zero-order valence-corrected chi connectivity index (χ0v) is 25.1. The molecule has 16 nitrogen and oxygen atoms in total. The lowest BCUT2D eigenvalue weighted by atomic mass is 9.88. The summed E-state index contributed by atoms with van der Waals surface area (Å²) < 4.78 is 42.8. The third-order valence-electron chi connectivity index (χ3n) is 5.21. The van der Waals surface area contributed by atoms with Gasteiger partial charge in [0.1, 0.15) is 24.4 Å². The number of amides is 1. The first-order valence-electron chi connectivity index (χ1n) is 13.0. The topological polar surface area (TPSA) is 205 Å². The van der Waals surface area contributed by atoms with Crippen molar-refractivity contribution in [2.75, 3.05) is 13.2 Å². The fourth-order valence-electron chi connectivity index (χ4n) is 4.03. The minimum absolute atomic E-state index is 0.191. The van der Waals surface area contributed by atoms with Crippen LogP contribution in [0, 0.1) is 0 Å². The molecule has 0 radical (unpaired) electrons. The lowest BCUT2D eigenvalue weighted by Crippen LogP contribution is -2.69. The molecule has 0 bridgehead atoms. The summed E-state index contributed by atoms with van der Waals surface area (Å²) in [6.45, 7) is 10.4. The van der Waals surface area contributed by atoms with E-state index >= 15 is 0 Å². The van der Waals surface area contributed by atoms with Gasteiger partial charge in [-0.15, -0.1) is 0 Å². The van der Waals surface area contributed by atoms with Crippen LogP contribution in [-0.4, -0.2) is 97.0 Å². The molecule has 0 aromatic carbocycles. The van der Waals surface area contributed by atoms with Crippen molar-refractivity contribution in [2.45, 2.75) is 111 Å². The number of carbonyl (C=O) groups is 7. The van der Waals surface area contributed by atoms with Crippen LogP contribution in [0.25, 0.3) is 0 Å². The van der Waals surface area contributed by atoms with Crippen LogP contribution in [0.4, 0.5) is 4.79 Å². The van der Waals surface area contributed by atoms with Gasteiger partial charge < -0.3 is 43.2 Å². The van der Waals surface area contributed by atoms with Crippen LogP contribution in [0.15, 0.2) is 0 Å². The molecular weight excluding hydrogens is 566 g/mol. The lowest BCUT2D eigenvalue weighted by molar-refractivity contribution is -0.304. The summed E-state index contributed by atoms with van der Waals surface area (Å²) in [5, 5.41) is 2.47. The van der Waals surface area contributed by atoms with E-state index in [4.69, 9.17) is 37.9 Å². The maximum absolute atomic E-state index is 13.2. The van der Waals surface area contributed by atoms with Crippen molar-refractivity contribution in [3.05, 3.63) is 0 Å². The first kappa shape index (κ1) is 36.1. The highest BCUT2D eigenvalue weighted by molar-refractivity contribution is 5.82. The molecule has 1 fully saturated rings. The molecule has 1 aliphatic heterocycles. The van der Waals surface area contributed by atoms with E-state index < -0.39 is 96.8 Å². The molecule has 0 aliphatic carbocycles. The third kappa shape index (κ3) is 11.5. The Kier molecular flexibility index (Phi) is 13.2. The predicted octanol–water partition coefficient (Wildman–Crippen LogP) is 0.849. The van der Waals surface area contributed by atoms with Crippen molar-refractivity contribution >= 4 is 41.9 Å². The number of nitrogens with one attached hydrogen (secondary N) is 1. The number of esters is 6. The standard InChI is InChI=1S/C26H39NO15/c1-10-35-23(33)26(40-17(6)32)11-18(37-14(3)29)20(27-24(34)42-25(7,8)9)22(41-26)21(39-16(5)31)19(38-15(4)30)12-36-13(2)28/h18-22H,10-12H2,1-9H3,(H,27,34)/t18-,19+,20+,21+,22+,26?/m0/s1. The minimum Gasteiger partial charge on any atom is -0.462 e. The molecule has 0 aromatic heterocycles. The highest BCUT2D eigenvalue weighted by Gasteiger charge is 2.60. The molecule has 1 unspecified atom stereocenters. The van der Waals surface area contributed by atoms with E-state index in [1.165, 1.54) is 6.92 Å². The lowest BCUT2D eigenvalue weighted by Gasteiger charge is -2.48. The first-order chi connectivity index (χ1) is 19.3. The van der Waals surface area contributed by atoms with Crippen LogP contribution >= 0.6 is 0 Å². The van der Waals surface area contributed by atoms with Crippen molar-refractivity contribution in [1.82, 2.24) is 5.32 Å². The second-order valence-electron chi connectivity index (χ2n) is 10.2. The summed E-state index contributed by atoms with van der Waals surface area (Å²) >= 11 is 0. The number of hydrogen-bond donors (Lipinski definition) is 1. The molecule has 0 saturated carbocycles. The van der Waals surface area contributed by atoms with Gasteiger partial charge in [0.2, 0.25) is 0 Å². The van der Waals surface area contributed by atoms with Crippen LogP contribution in [0.5, 0.6) is 0 Å². The molecule has 6 atom stereocenters. The van der Waals surface area contributed by atoms with E-state index in [9.17, 15) is 33.6 Å². The zero-order chi connectivity index (χ0) is 32.4. The maximum atomic E-state index is 13.2. The van der Waals surface area contributed by atoms with Crippen LogP contribution < -0.4 is 5.32 Å². The average molecular weight is 606 g/mol. The Morgan fingerprint density at radius 2 is 1.45 bits per heavy atom. The number of ether oxygens (including phenoxy) is 8. The Morgan fingerprint density at radius 1 is 0.857 bits per heavy atom. The van der Waals surface area contributed by atoms with Gasteiger partial charge >= 0.3 is 47.7 Å². The van der Waals surface area contributed by atoms with Gasteiger partial charge in [-0.3, -0.25) is 24.0 Å². The Hall–Kier alpha value is -3.95. The Morgan fingerprint density at radius 3 is 1.90 bits per heavy atom. The molecule has 1 rings (SSSR count). The Balaban J connectivity index is 3.94. The molecule has 1 amide bonds. The fourth-order valence-corrected chi connectivity index (χ4v) is 4.03. The largest absolute Gasteiger partial charge is 0.462 e. The van der Waals surface area contributed by atoms with Gasteiger partial charge in [0.15, 0.2) is 12.2 Å². The first-order valence-corrected chi connectivity index (χ1v) is 13.0. The van der Waals surface area contributed by atoms with E-state index in [1.54, 1.807) is 20.8 Å². The van der Waals surface area contributed by atoms with Gasteiger partial charge in [-0.2, -0.15) is 0 Å². The SMILES string of the molecule is CCOC(=O)C1(OC(C)=O)C[C@H](OC(C)=O)[C@@H](NC(=O)OC(C)(C)C)[C@H]([C@H](OC(C)=O)[C@@H](COC(C)=O)OC(C)=O)O1. The molecule has 1 heterocycles. The summed E-state index contributed by atoms with van der Waals surface area (Å²) in [5.41, 5.74) is -0.997. The summed E-state index contributed by atoms with van der Waals surface area (Å²) in [4.78, 5) is 86.4. The monoisotopic (exact) mass is 605 g/mol. The van der Waals surface area contributed by atoms with E-state index in [0.717, 1.165) is 34.6 Å². The van der Waals surface area contributed by atoms with Crippen LogP contribution in [0.3, 0.4) is 0 Å². The van der Waals surface area contributed by atoms with Gasteiger partial charge in [0.25, 0.3) is 0 Å². The van der Waals surface area contributed by atoms with Crippen LogP contribution in [0.2, 0.25) is 0 Å². The Labute approximate surface area is 242 Å². The molecule has 1 aliphatic rings. The smallest absolute Gasteiger partial charge is 0.408 e.